The number of hydrogen-bond acceptors (Lipinski definition) is 2. The molecule has 1 N–H and O–H groups in total. The molecule has 0 aromatic heterocycles. The van der Waals surface area contributed by atoms with Gasteiger partial charge in [-0.1, -0.05) is 50.1 Å². The molecule has 0 amide bonds. The zero-order chi connectivity index (χ0) is 14.2. The van der Waals surface area contributed by atoms with E-state index < -0.39 is 0 Å². The van der Waals surface area contributed by atoms with Gasteiger partial charge in [-0.3, -0.25) is 0 Å². The summed E-state index contributed by atoms with van der Waals surface area (Å²) in [7, 11) is 0. The van der Waals surface area contributed by atoms with Gasteiger partial charge in [0, 0.05) is 6.54 Å². The Labute approximate surface area is 122 Å². The van der Waals surface area contributed by atoms with E-state index in [1.54, 1.807) is 0 Å². The van der Waals surface area contributed by atoms with Gasteiger partial charge in [-0.2, -0.15) is 0 Å². The van der Waals surface area contributed by atoms with Crippen LogP contribution in [0.4, 0.5) is 0 Å². The van der Waals surface area contributed by atoms with Gasteiger partial charge < -0.3 is 10.1 Å². The number of benzene rings is 2. The third kappa shape index (κ3) is 4.53. The molecule has 108 valence electrons. The summed E-state index contributed by atoms with van der Waals surface area (Å²) in [4.78, 5) is 0. The first-order valence-corrected chi connectivity index (χ1v) is 7.66. The lowest BCUT2D eigenvalue weighted by Gasteiger charge is -2.16. The second-order valence-corrected chi connectivity index (χ2v) is 5.35. The van der Waals surface area contributed by atoms with Crippen LogP contribution in [0.1, 0.15) is 33.1 Å². The van der Waals surface area contributed by atoms with E-state index in [4.69, 9.17) is 4.74 Å². The third-order valence-corrected chi connectivity index (χ3v) is 3.45. The number of rotatable bonds is 8. The summed E-state index contributed by atoms with van der Waals surface area (Å²) in [6, 6.07) is 14.6. The van der Waals surface area contributed by atoms with Gasteiger partial charge >= 0.3 is 0 Å². The predicted molar refractivity (Wildman–Crippen MR) is 86.4 cm³/mol. The fraction of sp³-hybridized carbons (Fsp3) is 0.444. The van der Waals surface area contributed by atoms with Crippen LogP contribution in [0, 0.1) is 0 Å². The van der Waals surface area contributed by atoms with E-state index in [2.05, 4.69) is 61.6 Å². The van der Waals surface area contributed by atoms with Crippen LogP contribution in [0.2, 0.25) is 0 Å². The molecule has 2 aromatic carbocycles. The average molecular weight is 271 g/mol. The van der Waals surface area contributed by atoms with Gasteiger partial charge in [-0.15, -0.1) is 0 Å². The summed E-state index contributed by atoms with van der Waals surface area (Å²) in [5.41, 5.74) is 0. The zero-order valence-electron chi connectivity index (χ0n) is 12.6. The second-order valence-electron chi connectivity index (χ2n) is 5.35. The molecule has 1 unspecified atom stereocenters. The second kappa shape index (κ2) is 7.91. The fourth-order valence-electron chi connectivity index (χ4n) is 2.32. The van der Waals surface area contributed by atoms with E-state index >= 15 is 0 Å². The number of ether oxygens (including phenoxy) is 1. The van der Waals surface area contributed by atoms with Crippen molar-refractivity contribution in [3.63, 3.8) is 0 Å². The van der Waals surface area contributed by atoms with Gasteiger partial charge in [-0.05, 0) is 42.8 Å². The van der Waals surface area contributed by atoms with Crippen LogP contribution in [0.15, 0.2) is 42.5 Å². The first-order valence-electron chi connectivity index (χ1n) is 7.66. The third-order valence-electron chi connectivity index (χ3n) is 3.45. The average Bonchev–Trinajstić information content (AvgIpc) is 2.47. The maximum absolute atomic E-state index is 5.97. The zero-order valence-corrected chi connectivity index (χ0v) is 12.6. The van der Waals surface area contributed by atoms with Crippen LogP contribution >= 0.6 is 0 Å². The van der Waals surface area contributed by atoms with E-state index in [0.717, 1.165) is 18.8 Å². The van der Waals surface area contributed by atoms with Crippen LogP contribution in [0.5, 0.6) is 5.75 Å². The van der Waals surface area contributed by atoms with Gasteiger partial charge in [0.1, 0.15) is 11.9 Å². The van der Waals surface area contributed by atoms with E-state index in [1.165, 1.54) is 30.0 Å². The molecule has 0 heterocycles. The molecule has 0 saturated carbocycles. The Bertz CT molecular complexity index is 524. The van der Waals surface area contributed by atoms with Crippen molar-refractivity contribution in [3.05, 3.63) is 42.5 Å². The van der Waals surface area contributed by atoms with E-state index in [1.807, 2.05) is 0 Å². The van der Waals surface area contributed by atoms with Crippen LogP contribution in [0.25, 0.3) is 10.8 Å². The van der Waals surface area contributed by atoms with Gasteiger partial charge in [0.05, 0.1) is 0 Å². The normalized spacial score (nSPS) is 12.5. The Morgan fingerprint density at radius 3 is 2.65 bits per heavy atom. The van der Waals surface area contributed by atoms with Crippen LogP contribution in [-0.2, 0) is 0 Å². The number of fused-ring (bicyclic) bond motifs is 1. The molecular formula is C18H25NO. The molecule has 2 heteroatoms. The lowest BCUT2D eigenvalue weighted by molar-refractivity contribution is 0.217. The molecule has 0 aliphatic heterocycles. The molecule has 2 aromatic rings. The quantitative estimate of drug-likeness (QED) is 0.719. The van der Waals surface area contributed by atoms with E-state index in [0.29, 0.717) is 0 Å². The van der Waals surface area contributed by atoms with Crippen molar-refractivity contribution in [1.29, 1.82) is 0 Å². The van der Waals surface area contributed by atoms with Crippen molar-refractivity contribution >= 4 is 10.8 Å². The van der Waals surface area contributed by atoms with Gasteiger partial charge in [-0.25, -0.2) is 0 Å². The van der Waals surface area contributed by atoms with Crippen molar-refractivity contribution in [2.24, 2.45) is 0 Å². The summed E-state index contributed by atoms with van der Waals surface area (Å²) >= 11 is 0. The van der Waals surface area contributed by atoms with Gasteiger partial charge in [0.25, 0.3) is 0 Å². The molecule has 0 spiro atoms. The Hall–Kier alpha value is -1.54. The smallest absolute Gasteiger partial charge is 0.120 e. The Kier molecular flexibility index (Phi) is 5.87. The Balaban J connectivity index is 1.81. The molecule has 2 rings (SSSR count). The summed E-state index contributed by atoms with van der Waals surface area (Å²) in [6.45, 7) is 6.32. The lowest BCUT2D eigenvalue weighted by atomic mass is 10.1. The minimum absolute atomic E-state index is 0.192. The topological polar surface area (TPSA) is 21.3 Å². The SMILES string of the molecule is CCCCCNCC(C)Oc1ccc2ccccc2c1. The van der Waals surface area contributed by atoms with Crippen LogP contribution in [-0.4, -0.2) is 19.2 Å². The number of hydrogen-bond donors (Lipinski definition) is 1. The monoisotopic (exact) mass is 271 g/mol. The van der Waals surface area contributed by atoms with Crippen molar-refractivity contribution < 1.29 is 4.74 Å². The van der Waals surface area contributed by atoms with Crippen LogP contribution in [0.3, 0.4) is 0 Å². The molecule has 0 saturated heterocycles. The highest BCUT2D eigenvalue weighted by molar-refractivity contribution is 5.83. The molecule has 0 fully saturated rings. The van der Waals surface area contributed by atoms with Crippen molar-refractivity contribution in [2.75, 3.05) is 13.1 Å². The maximum atomic E-state index is 5.97. The minimum atomic E-state index is 0.192. The standard InChI is InChI=1S/C18H25NO/c1-3-4-7-12-19-14-15(2)20-18-11-10-16-8-5-6-9-17(16)13-18/h5-6,8-11,13,15,19H,3-4,7,12,14H2,1-2H3. The number of unbranched alkanes of at least 4 members (excludes halogenated alkanes) is 2. The highest BCUT2D eigenvalue weighted by Crippen LogP contribution is 2.21. The van der Waals surface area contributed by atoms with Gasteiger partial charge in [0.2, 0.25) is 0 Å². The summed E-state index contributed by atoms with van der Waals surface area (Å²) in [5.74, 6) is 0.951. The Morgan fingerprint density at radius 1 is 1.05 bits per heavy atom. The summed E-state index contributed by atoms with van der Waals surface area (Å²) in [6.07, 6.45) is 4.01. The maximum Gasteiger partial charge on any atom is 0.120 e. The molecule has 0 aliphatic rings. The lowest BCUT2D eigenvalue weighted by Crippen LogP contribution is -2.29. The van der Waals surface area contributed by atoms with E-state index in [-0.39, 0.29) is 6.10 Å². The van der Waals surface area contributed by atoms with Crippen molar-refractivity contribution in [1.82, 2.24) is 5.32 Å². The first-order chi connectivity index (χ1) is 9.79. The molecule has 0 aliphatic carbocycles. The fourth-order valence-corrected chi connectivity index (χ4v) is 2.32. The molecule has 2 nitrogen and oxygen atoms in total. The molecule has 0 radical (unpaired) electrons. The largest absolute Gasteiger partial charge is 0.489 e. The summed E-state index contributed by atoms with van der Waals surface area (Å²) < 4.78 is 5.97. The highest BCUT2D eigenvalue weighted by atomic mass is 16.5. The molecule has 1 atom stereocenters. The minimum Gasteiger partial charge on any atom is -0.489 e. The first kappa shape index (κ1) is 14.9. The number of nitrogens with one attached hydrogen (secondary N) is 1. The predicted octanol–water partition coefficient (Wildman–Crippen LogP) is 4.39. The van der Waals surface area contributed by atoms with Gasteiger partial charge in [0.15, 0.2) is 0 Å². The molecular weight excluding hydrogens is 246 g/mol. The van der Waals surface area contributed by atoms with Crippen LogP contribution < -0.4 is 10.1 Å². The van der Waals surface area contributed by atoms with E-state index in [9.17, 15) is 0 Å². The molecule has 0 bridgehead atoms. The Morgan fingerprint density at radius 2 is 1.85 bits per heavy atom. The summed E-state index contributed by atoms with van der Waals surface area (Å²) in [5, 5.41) is 5.94. The van der Waals surface area contributed by atoms with Crippen molar-refractivity contribution in [2.45, 2.75) is 39.2 Å². The highest BCUT2D eigenvalue weighted by Gasteiger charge is 2.04. The van der Waals surface area contributed by atoms with Crippen molar-refractivity contribution in [3.8, 4) is 5.75 Å². The molecule has 20 heavy (non-hydrogen) atoms.